The maximum absolute atomic E-state index is 13.0. The van der Waals surface area contributed by atoms with Crippen LogP contribution in [0.2, 0.25) is 0 Å². The molecule has 1 aliphatic heterocycles. The molecule has 1 heterocycles. The second-order valence-electron chi connectivity index (χ2n) is 9.36. The van der Waals surface area contributed by atoms with E-state index in [1.165, 1.54) is 32.9 Å². The Hall–Kier alpha value is -2.87. The molecule has 6 atom stereocenters. The minimum absolute atomic E-state index is 0.131. The van der Waals surface area contributed by atoms with Crippen LogP contribution in [-0.2, 0) is 16.0 Å². The summed E-state index contributed by atoms with van der Waals surface area (Å²) in [6, 6.07) is 6.34. The van der Waals surface area contributed by atoms with Crippen LogP contribution in [0.15, 0.2) is 34.0 Å². The molecular weight excluding hydrogens is 530 g/mol. The van der Waals surface area contributed by atoms with Gasteiger partial charge in [0.1, 0.15) is 24.4 Å². The highest BCUT2D eigenvalue weighted by Crippen LogP contribution is 2.50. The monoisotopic (exact) mass is 563 g/mol. The fraction of sp³-hybridized carbons (Fsp3) is 0.481. The molecule has 2 aromatic rings. The van der Waals surface area contributed by atoms with Crippen molar-refractivity contribution in [1.29, 1.82) is 0 Å². The summed E-state index contributed by atoms with van der Waals surface area (Å²) in [6.07, 6.45) is -4.64. The van der Waals surface area contributed by atoms with Gasteiger partial charge in [0, 0.05) is 12.5 Å². The van der Waals surface area contributed by atoms with E-state index in [1.807, 2.05) is 12.3 Å². The maximum Gasteiger partial charge on any atom is 0.229 e. The number of rotatable bonds is 7. The molecule has 0 unspecified atom stereocenters. The Balaban J connectivity index is 1.89. The van der Waals surface area contributed by atoms with E-state index >= 15 is 0 Å². The van der Waals surface area contributed by atoms with Crippen LogP contribution in [-0.4, -0.2) is 84.1 Å². The molecule has 212 valence electrons. The van der Waals surface area contributed by atoms with Gasteiger partial charge in [-0.2, -0.15) is 0 Å². The Labute approximate surface area is 229 Å². The van der Waals surface area contributed by atoms with Gasteiger partial charge in [0.25, 0.3) is 0 Å². The number of aryl methyl sites for hydroxylation is 1. The largest absolute Gasteiger partial charge is 0.492 e. The van der Waals surface area contributed by atoms with Crippen molar-refractivity contribution in [3.63, 3.8) is 0 Å². The first kappa shape index (κ1) is 29.1. The van der Waals surface area contributed by atoms with Gasteiger partial charge in [0.05, 0.1) is 31.8 Å². The number of hydrogen-bond acceptors (Lipinski definition) is 11. The predicted octanol–water partition coefficient (Wildman–Crippen LogP) is 0.755. The molecule has 0 bridgehead atoms. The van der Waals surface area contributed by atoms with E-state index in [9.17, 15) is 30.0 Å². The van der Waals surface area contributed by atoms with E-state index in [0.29, 0.717) is 40.2 Å². The summed E-state index contributed by atoms with van der Waals surface area (Å²) in [7, 11) is 2.87. The number of aliphatic hydroxyl groups is 4. The molecule has 2 aliphatic rings. The van der Waals surface area contributed by atoms with E-state index < -0.39 is 43.4 Å². The molecule has 0 radical (unpaired) electrons. The average Bonchev–Trinajstić information content (AvgIpc) is 3.16. The minimum Gasteiger partial charge on any atom is -0.492 e. The van der Waals surface area contributed by atoms with Gasteiger partial charge in [0.15, 0.2) is 16.9 Å². The molecule has 2 aromatic carbocycles. The number of aliphatic hydroxyl groups excluding tert-OH is 4. The van der Waals surface area contributed by atoms with Crippen molar-refractivity contribution < 1.29 is 44.2 Å². The molecular formula is C27H33NO10S. The van der Waals surface area contributed by atoms with Crippen molar-refractivity contribution in [2.75, 3.05) is 27.1 Å². The van der Waals surface area contributed by atoms with Crippen LogP contribution in [0.1, 0.15) is 30.5 Å². The number of hydrogen-bond donors (Lipinski definition) is 5. The third-order valence-corrected chi connectivity index (χ3v) is 7.75. The normalized spacial score (nSPS) is 26.1. The number of carbonyl (C=O) groups excluding carboxylic acids is 1. The van der Waals surface area contributed by atoms with Gasteiger partial charge in [-0.3, -0.25) is 9.59 Å². The molecule has 11 nitrogen and oxygen atoms in total. The first-order chi connectivity index (χ1) is 18.6. The number of thioether (sulfide) groups is 1. The van der Waals surface area contributed by atoms with E-state index in [-0.39, 0.29) is 22.8 Å². The fourth-order valence-corrected chi connectivity index (χ4v) is 5.55. The molecule has 12 heteroatoms. The Bertz CT molecular complexity index is 1290. The van der Waals surface area contributed by atoms with Crippen molar-refractivity contribution in [2.45, 2.75) is 61.4 Å². The predicted molar refractivity (Wildman–Crippen MR) is 142 cm³/mol. The van der Waals surface area contributed by atoms with Crippen LogP contribution in [0.25, 0.3) is 11.1 Å². The summed E-state index contributed by atoms with van der Waals surface area (Å²) in [5, 5.41) is 43.4. The van der Waals surface area contributed by atoms with Gasteiger partial charge in [-0.05, 0) is 54.0 Å². The smallest absolute Gasteiger partial charge is 0.229 e. The summed E-state index contributed by atoms with van der Waals surface area (Å²) in [6.45, 7) is 0.815. The van der Waals surface area contributed by atoms with Crippen LogP contribution in [0.4, 0.5) is 0 Å². The summed E-state index contributed by atoms with van der Waals surface area (Å²) < 4.78 is 23.0. The highest BCUT2D eigenvalue weighted by molar-refractivity contribution is 7.98. The number of carbonyl (C=O) groups is 1. The quantitative estimate of drug-likeness (QED) is 0.302. The van der Waals surface area contributed by atoms with Gasteiger partial charge in [-0.1, -0.05) is 6.07 Å². The molecule has 1 saturated heterocycles. The number of fused-ring (bicyclic) bond motifs is 3. The molecule has 0 saturated carbocycles. The van der Waals surface area contributed by atoms with Gasteiger partial charge in [-0.25, -0.2) is 0 Å². The molecule has 0 spiro atoms. The van der Waals surface area contributed by atoms with Crippen molar-refractivity contribution in [3.05, 3.63) is 45.6 Å². The van der Waals surface area contributed by atoms with Crippen LogP contribution in [0.5, 0.6) is 17.2 Å². The number of ether oxygens (including phenoxy) is 4. The van der Waals surface area contributed by atoms with Gasteiger partial charge >= 0.3 is 0 Å². The van der Waals surface area contributed by atoms with Crippen LogP contribution < -0.4 is 25.0 Å². The fourth-order valence-electron chi connectivity index (χ4n) is 5.09. The first-order valence-electron chi connectivity index (χ1n) is 12.4. The lowest BCUT2D eigenvalue weighted by Gasteiger charge is -2.39. The zero-order chi connectivity index (χ0) is 28.4. The molecule has 1 fully saturated rings. The van der Waals surface area contributed by atoms with Gasteiger partial charge in [0.2, 0.25) is 17.9 Å². The van der Waals surface area contributed by atoms with E-state index in [0.717, 1.165) is 5.56 Å². The van der Waals surface area contributed by atoms with Crippen molar-refractivity contribution in [1.82, 2.24) is 5.32 Å². The highest BCUT2D eigenvalue weighted by Gasteiger charge is 2.45. The van der Waals surface area contributed by atoms with E-state index in [1.54, 1.807) is 18.2 Å². The van der Waals surface area contributed by atoms with E-state index in [4.69, 9.17) is 18.9 Å². The first-order valence-corrected chi connectivity index (χ1v) is 13.6. The van der Waals surface area contributed by atoms with Crippen LogP contribution >= 0.6 is 11.8 Å². The van der Waals surface area contributed by atoms with Gasteiger partial charge in [-0.15, -0.1) is 11.8 Å². The van der Waals surface area contributed by atoms with Crippen molar-refractivity contribution in [3.8, 4) is 28.4 Å². The Morgan fingerprint density at radius 3 is 2.44 bits per heavy atom. The highest BCUT2D eigenvalue weighted by atomic mass is 32.2. The number of benzene rings is 1. The SMILES string of the molecule is COc1c(O[C@@H]2O[C@@H](CO)[C@@H](O)[C@@H](O)[C@H]2O)cc2c(c1OC)-c1ccc(SC)c(=O)cc1[C@@H](NC(C)=O)CC2. The molecule has 0 aromatic heterocycles. The summed E-state index contributed by atoms with van der Waals surface area (Å²) in [5.41, 5.74) is 2.55. The topological polar surface area (TPSA) is 164 Å². The van der Waals surface area contributed by atoms with Crippen LogP contribution in [0, 0.1) is 0 Å². The van der Waals surface area contributed by atoms with Crippen molar-refractivity contribution >= 4 is 17.7 Å². The Morgan fingerprint density at radius 1 is 1.10 bits per heavy atom. The summed E-state index contributed by atoms with van der Waals surface area (Å²) in [4.78, 5) is 25.6. The zero-order valence-corrected chi connectivity index (χ0v) is 22.9. The lowest BCUT2D eigenvalue weighted by Crippen LogP contribution is -2.60. The third-order valence-electron chi connectivity index (χ3n) is 6.97. The number of nitrogens with one attached hydrogen (secondary N) is 1. The average molecular weight is 564 g/mol. The molecule has 4 rings (SSSR count). The summed E-state index contributed by atoms with van der Waals surface area (Å²) in [5.74, 6) is 0.350. The lowest BCUT2D eigenvalue weighted by atomic mass is 9.95. The van der Waals surface area contributed by atoms with Crippen molar-refractivity contribution in [2.24, 2.45) is 0 Å². The maximum atomic E-state index is 13.0. The van der Waals surface area contributed by atoms with E-state index in [2.05, 4.69) is 5.32 Å². The number of methoxy groups -OCH3 is 2. The second-order valence-corrected chi connectivity index (χ2v) is 10.2. The van der Waals surface area contributed by atoms with Crippen LogP contribution in [0.3, 0.4) is 0 Å². The number of amides is 1. The molecule has 1 amide bonds. The standard InChI is InChI=1S/C27H33NO10S/c1-12(30)28-16-7-5-13-9-18(37-27-24(34)23(33)22(32)19(11-29)38-27)25(35-2)26(36-3)21(13)14-6-8-20(39-4)17(31)10-15(14)16/h6,8-10,16,19,22-24,27,29,32-34H,5,7,11H2,1-4H3,(H,28,30)/t16-,19-,22+,23+,24+,27+/m0/s1. The Kier molecular flexibility index (Phi) is 9.04. The molecule has 1 aliphatic carbocycles. The lowest BCUT2D eigenvalue weighted by molar-refractivity contribution is -0.277. The zero-order valence-electron chi connectivity index (χ0n) is 22.0. The molecule has 5 N–H and O–H groups in total. The molecule has 39 heavy (non-hydrogen) atoms. The van der Waals surface area contributed by atoms with Gasteiger partial charge < -0.3 is 44.7 Å². The minimum atomic E-state index is -1.62. The second kappa shape index (κ2) is 12.1. The Morgan fingerprint density at radius 2 is 1.82 bits per heavy atom. The third kappa shape index (κ3) is 5.58. The summed E-state index contributed by atoms with van der Waals surface area (Å²) >= 11 is 1.32.